The average molecular weight is 325 g/mol. The number of hydrogen-bond acceptors (Lipinski definition) is 3. The fourth-order valence-electron chi connectivity index (χ4n) is 1.84. The van der Waals surface area contributed by atoms with Crippen LogP contribution in [-0.4, -0.2) is 8.42 Å². The Morgan fingerprint density at radius 3 is 2.52 bits per heavy atom. The molecule has 108 valence electrons. The lowest BCUT2D eigenvalue weighted by atomic mass is 10.2. The summed E-state index contributed by atoms with van der Waals surface area (Å²) in [6.45, 7) is 1.58. The van der Waals surface area contributed by atoms with Crippen molar-refractivity contribution in [2.45, 2.75) is 11.8 Å². The monoisotopic (exact) mass is 324 g/mol. The van der Waals surface area contributed by atoms with Gasteiger partial charge >= 0.3 is 0 Å². The molecule has 0 aliphatic rings. The quantitative estimate of drug-likeness (QED) is 0.940. The van der Waals surface area contributed by atoms with Gasteiger partial charge in [-0.1, -0.05) is 11.6 Å². The predicted molar refractivity (Wildman–Crippen MR) is 78.1 cm³/mol. The molecule has 0 radical (unpaired) electrons. The lowest BCUT2D eigenvalue weighted by Crippen LogP contribution is -2.14. The predicted octanol–water partition coefficient (Wildman–Crippen LogP) is 3.46. The van der Waals surface area contributed by atoms with E-state index in [1.54, 1.807) is 6.92 Å². The molecule has 0 bridgehead atoms. The smallest absolute Gasteiger partial charge is 0.262 e. The maximum atomic E-state index is 13.2. The molecule has 7 heteroatoms. The van der Waals surface area contributed by atoms with Crippen LogP contribution in [0.1, 0.15) is 11.1 Å². The Bertz CT molecular complexity index is 824. The number of aryl methyl sites for hydroxylation is 1. The molecular weight excluding hydrogens is 315 g/mol. The minimum absolute atomic E-state index is 0.0156. The van der Waals surface area contributed by atoms with Crippen molar-refractivity contribution in [1.82, 2.24) is 0 Å². The van der Waals surface area contributed by atoms with Crippen LogP contribution in [0.2, 0.25) is 5.02 Å². The summed E-state index contributed by atoms with van der Waals surface area (Å²) in [5.41, 5.74) is 0.813. The summed E-state index contributed by atoms with van der Waals surface area (Å²) in [4.78, 5) is 0.0156. The molecule has 0 atom stereocenters. The summed E-state index contributed by atoms with van der Waals surface area (Å²) in [6, 6.07) is 9.54. The third kappa shape index (κ3) is 3.51. The third-order valence-corrected chi connectivity index (χ3v) is 4.47. The van der Waals surface area contributed by atoms with Crippen LogP contribution in [0.3, 0.4) is 0 Å². The topological polar surface area (TPSA) is 70.0 Å². The van der Waals surface area contributed by atoms with Crippen molar-refractivity contribution in [3.05, 3.63) is 58.4 Å². The molecule has 0 aliphatic carbocycles. The van der Waals surface area contributed by atoms with Gasteiger partial charge in [0.1, 0.15) is 5.82 Å². The zero-order valence-electron chi connectivity index (χ0n) is 10.9. The van der Waals surface area contributed by atoms with E-state index in [9.17, 15) is 12.8 Å². The Morgan fingerprint density at radius 2 is 1.95 bits per heavy atom. The molecule has 21 heavy (non-hydrogen) atoms. The number of rotatable bonds is 3. The second-order valence-corrected chi connectivity index (χ2v) is 6.44. The van der Waals surface area contributed by atoms with Crippen LogP contribution in [0.5, 0.6) is 0 Å². The number of nitriles is 1. The van der Waals surface area contributed by atoms with Crippen LogP contribution in [0.4, 0.5) is 10.1 Å². The van der Waals surface area contributed by atoms with E-state index in [2.05, 4.69) is 4.72 Å². The Labute approximate surface area is 126 Å². The van der Waals surface area contributed by atoms with Crippen molar-refractivity contribution < 1.29 is 12.8 Å². The highest BCUT2D eigenvalue weighted by Gasteiger charge is 2.17. The molecule has 0 fully saturated rings. The number of anilines is 1. The van der Waals surface area contributed by atoms with Gasteiger partial charge in [-0.2, -0.15) is 5.26 Å². The van der Waals surface area contributed by atoms with Gasteiger partial charge in [0, 0.05) is 5.02 Å². The Balaban J connectivity index is 2.41. The van der Waals surface area contributed by atoms with Gasteiger partial charge in [-0.05, 0) is 48.9 Å². The molecule has 0 aliphatic heterocycles. The highest BCUT2D eigenvalue weighted by Crippen LogP contribution is 2.23. The number of nitrogens with zero attached hydrogens (tertiary/aromatic N) is 1. The first-order valence-corrected chi connectivity index (χ1v) is 7.67. The highest BCUT2D eigenvalue weighted by atomic mass is 35.5. The standard InChI is InChI=1S/C14H10ClFN2O2S/c1-9-4-10(8-17)2-3-14(9)21(19,20)18-13-6-11(15)5-12(16)7-13/h2-7,18H,1H3. The molecule has 0 spiro atoms. The summed E-state index contributed by atoms with van der Waals surface area (Å²) in [7, 11) is -3.89. The number of sulfonamides is 1. The average Bonchev–Trinajstić information content (AvgIpc) is 2.36. The maximum absolute atomic E-state index is 13.2. The molecule has 2 aromatic carbocycles. The molecule has 0 saturated heterocycles. The molecule has 0 aromatic heterocycles. The van der Waals surface area contributed by atoms with Crippen molar-refractivity contribution in [2.75, 3.05) is 4.72 Å². The summed E-state index contributed by atoms with van der Waals surface area (Å²) >= 11 is 5.68. The molecular formula is C14H10ClFN2O2S. The van der Waals surface area contributed by atoms with Crippen LogP contribution in [0.15, 0.2) is 41.3 Å². The van der Waals surface area contributed by atoms with Crippen LogP contribution in [0.25, 0.3) is 0 Å². The van der Waals surface area contributed by atoms with Crippen molar-refractivity contribution in [3.63, 3.8) is 0 Å². The first-order valence-electron chi connectivity index (χ1n) is 5.81. The third-order valence-electron chi connectivity index (χ3n) is 2.71. The molecule has 0 unspecified atom stereocenters. The zero-order valence-corrected chi connectivity index (χ0v) is 12.5. The van der Waals surface area contributed by atoms with E-state index in [0.717, 1.165) is 12.1 Å². The van der Waals surface area contributed by atoms with E-state index in [4.69, 9.17) is 16.9 Å². The molecule has 2 aromatic rings. The number of hydrogen-bond donors (Lipinski definition) is 1. The van der Waals surface area contributed by atoms with Crippen LogP contribution >= 0.6 is 11.6 Å². The van der Waals surface area contributed by atoms with Gasteiger partial charge < -0.3 is 0 Å². The van der Waals surface area contributed by atoms with E-state index in [-0.39, 0.29) is 15.6 Å². The van der Waals surface area contributed by atoms with Crippen molar-refractivity contribution in [3.8, 4) is 6.07 Å². The van der Waals surface area contributed by atoms with E-state index in [1.807, 2.05) is 6.07 Å². The molecule has 0 heterocycles. The van der Waals surface area contributed by atoms with Gasteiger partial charge in [0.25, 0.3) is 10.0 Å². The Morgan fingerprint density at radius 1 is 1.24 bits per heavy atom. The summed E-state index contributed by atoms with van der Waals surface area (Å²) < 4.78 is 40.1. The van der Waals surface area contributed by atoms with Gasteiger partial charge in [0.2, 0.25) is 0 Å². The maximum Gasteiger partial charge on any atom is 0.262 e. The first kappa shape index (κ1) is 15.3. The fraction of sp³-hybridized carbons (Fsp3) is 0.0714. The van der Waals surface area contributed by atoms with Gasteiger partial charge in [-0.15, -0.1) is 0 Å². The van der Waals surface area contributed by atoms with Crippen molar-refractivity contribution >= 4 is 27.3 Å². The zero-order chi connectivity index (χ0) is 15.6. The van der Waals surface area contributed by atoms with Crippen LogP contribution in [0, 0.1) is 24.1 Å². The fourth-order valence-corrected chi connectivity index (χ4v) is 3.33. The Hall–Kier alpha value is -2.10. The summed E-state index contributed by atoms with van der Waals surface area (Å²) in [5.74, 6) is -0.642. The van der Waals surface area contributed by atoms with E-state index >= 15 is 0 Å². The molecule has 0 amide bonds. The normalized spacial score (nSPS) is 11.0. The Kier molecular flexibility index (Phi) is 4.16. The van der Waals surface area contributed by atoms with Gasteiger partial charge in [-0.25, -0.2) is 12.8 Å². The largest absolute Gasteiger partial charge is 0.279 e. The van der Waals surface area contributed by atoms with Crippen LogP contribution in [-0.2, 0) is 10.0 Å². The van der Waals surface area contributed by atoms with Crippen LogP contribution < -0.4 is 4.72 Å². The summed E-state index contributed by atoms with van der Waals surface area (Å²) in [6.07, 6.45) is 0. The highest BCUT2D eigenvalue weighted by molar-refractivity contribution is 7.92. The van der Waals surface area contributed by atoms with E-state index in [0.29, 0.717) is 11.1 Å². The molecule has 1 N–H and O–H groups in total. The first-order chi connectivity index (χ1) is 9.81. The lowest BCUT2D eigenvalue weighted by molar-refractivity contribution is 0.600. The SMILES string of the molecule is Cc1cc(C#N)ccc1S(=O)(=O)Nc1cc(F)cc(Cl)c1. The van der Waals surface area contributed by atoms with Gasteiger partial charge in [0.15, 0.2) is 0 Å². The molecule has 0 saturated carbocycles. The number of benzene rings is 2. The van der Waals surface area contributed by atoms with Crippen molar-refractivity contribution in [1.29, 1.82) is 5.26 Å². The lowest BCUT2D eigenvalue weighted by Gasteiger charge is -2.11. The minimum Gasteiger partial charge on any atom is -0.279 e. The van der Waals surface area contributed by atoms with Gasteiger partial charge in [0.05, 0.1) is 22.2 Å². The number of halogens is 2. The molecule has 4 nitrogen and oxygen atoms in total. The second kappa shape index (κ2) is 5.72. The molecule has 2 rings (SSSR count). The van der Waals surface area contributed by atoms with Gasteiger partial charge in [-0.3, -0.25) is 4.72 Å². The van der Waals surface area contributed by atoms with E-state index < -0.39 is 15.8 Å². The number of nitrogens with one attached hydrogen (secondary N) is 1. The second-order valence-electron chi connectivity index (χ2n) is 4.36. The minimum atomic E-state index is -3.89. The van der Waals surface area contributed by atoms with Crippen molar-refractivity contribution in [2.24, 2.45) is 0 Å². The van der Waals surface area contributed by atoms with E-state index in [1.165, 1.54) is 24.3 Å². The summed E-state index contributed by atoms with van der Waals surface area (Å²) in [5, 5.41) is 8.87.